The molecule has 106 valence electrons. The van der Waals surface area contributed by atoms with E-state index in [1.807, 2.05) is 6.07 Å². The zero-order valence-corrected chi connectivity index (χ0v) is 12.2. The van der Waals surface area contributed by atoms with Crippen LogP contribution in [0.5, 0.6) is 0 Å². The molecule has 5 heteroatoms. The number of rotatable bonds is 3. The maximum absolute atomic E-state index is 11.7. The third kappa shape index (κ3) is 2.31. The fourth-order valence-corrected chi connectivity index (χ4v) is 4.31. The van der Waals surface area contributed by atoms with Gasteiger partial charge in [0.05, 0.1) is 4.88 Å². The van der Waals surface area contributed by atoms with E-state index >= 15 is 0 Å². The molecule has 0 spiro atoms. The highest BCUT2D eigenvalue weighted by molar-refractivity contribution is 7.20. The first-order valence-corrected chi connectivity index (χ1v) is 7.89. The third-order valence-corrected chi connectivity index (χ3v) is 5.46. The van der Waals surface area contributed by atoms with E-state index < -0.39 is 0 Å². The molecule has 0 saturated heterocycles. The van der Waals surface area contributed by atoms with Crippen LogP contribution in [0.15, 0.2) is 18.3 Å². The largest absolute Gasteiger partial charge is 0.365 e. The molecule has 4 N–H and O–H groups in total. The Morgan fingerprint density at radius 3 is 2.75 bits per heavy atom. The molecule has 1 aliphatic carbocycles. The second kappa shape index (κ2) is 5.50. The molecule has 2 aromatic rings. The molecule has 0 unspecified atom stereocenters. The number of carbonyl (C=O) groups excluding carboxylic acids is 1. The Morgan fingerprint density at radius 1 is 1.35 bits per heavy atom. The lowest BCUT2D eigenvalue weighted by Crippen LogP contribution is -2.22. The van der Waals surface area contributed by atoms with Gasteiger partial charge in [0.2, 0.25) is 0 Å². The summed E-state index contributed by atoms with van der Waals surface area (Å²) in [5.41, 5.74) is 12.4. The lowest BCUT2D eigenvalue weighted by molar-refractivity contribution is 0.100. The van der Waals surface area contributed by atoms with Crippen LogP contribution < -0.4 is 11.5 Å². The molecular formula is C15H19N3OS. The Hall–Kier alpha value is -1.46. The molecule has 0 aliphatic heterocycles. The predicted molar refractivity (Wildman–Crippen MR) is 81.9 cm³/mol. The minimum absolute atomic E-state index is 0.330. The summed E-state index contributed by atoms with van der Waals surface area (Å²) < 4.78 is 0. The summed E-state index contributed by atoms with van der Waals surface area (Å²) >= 11 is 1.42. The molecule has 1 saturated carbocycles. The summed E-state index contributed by atoms with van der Waals surface area (Å²) in [6.07, 6.45) is 6.21. The number of pyridine rings is 1. The van der Waals surface area contributed by atoms with Crippen LogP contribution in [0, 0.1) is 5.92 Å². The van der Waals surface area contributed by atoms with E-state index in [2.05, 4.69) is 11.1 Å². The molecule has 2 heterocycles. The Balaban J connectivity index is 2.01. The Labute approximate surface area is 122 Å². The van der Waals surface area contributed by atoms with Crippen molar-refractivity contribution in [2.45, 2.75) is 31.6 Å². The summed E-state index contributed by atoms with van der Waals surface area (Å²) in [5, 5.41) is 1.10. The third-order valence-electron chi connectivity index (χ3n) is 4.32. The first-order chi connectivity index (χ1) is 9.70. The quantitative estimate of drug-likeness (QED) is 0.911. The Kier molecular flexibility index (Phi) is 3.72. The molecule has 1 aliphatic rings. The maximum Gasteiger partial charge on any atom is 0.259 e. The van der Waals surface area contributed by atoms with Crippen LogP contribution >= 0.6 is 11.3 Å². The van der Waals surface area contributed by atoms with Crippen molar-refractivity contribution >= 4 is 27.5 Å². The SMILES string of the molecule is NCC1CCC(c2c(C(N)=O)sc3ncccc23)CC1. The fraction of sp³-hybridized carbons (Fsp3) is 0.467. The lowest BCUT2D eigenvalue weighted by Gasteiger charge is -2.28. The van der Waals surface area contributed by atoms with Crippen molar-refractivity contribution in [3.8, 4) is 0 Å². The molecule has 1 fully saturated rings. The fourth-order valence-electron chi connectivity index (χ4n) is 3.23. The van der Waals surface area contributed by atoms with Gasteiger partial charge in [0.15, 0.2) is 0 Å². The first kappa shape index (κ1) is 13.5. The van der Waals surface area contributed by atoms with Crippen LogP contribution in [0.25, 0.3) is 10.2 Å². The normalized spacial score (nSPS) is 23.1. The summed E-state index contributed by atoms with van der Waals surface area (Å²) in [4.78, 5) is 17.7. The highest BCUT2D eigenvalue weighted by Gasteiger charge is 2.28. The van der Waals surface area contributed by atoms with E-state index in [4.69, 9.17) is 11.5 Å². The predicted octanol–water partition coefficient (Wildman–Crippen LogP) is 2.63. The number of aromatic nitrogens is 1. The van der Waals surface area contributed by atoms with Crippen LogP contribution in [0.2, 0.25) is 0 Å². The van der Waals surface area contributed by atoms with Gasteiger partial charge in [0.1, 0.15) is 4.83 Å². The molecular weight excluding hydrogens is 270 g/mol. The summed E-state index contributed by atoms with van der Waals surface area (Å²) in [6, 6.07) is 3.98. The van der Waals surface area contributed by atoms with Crippen LogP contribution in [-0.2, 0) is 0 Å². The highest BCUT2D eigenvalue weighted by atomic mass is 32.1. The number of nitrogens with two attached hydrogens (primary N) is 2. The second-order valence-corrected chi connectivity index (χ2v) is 6.52. The average Bonchev–Trinajstić information content (AvgIpc) is 2.87. The number of hydrogen-bond donors (Lipinski definition) is 2. The second-order valence-electron chi connectivity index (χ2n) is 5.52. The van der Waals surface area contributed by atoms with Gasteiger partial charge in [-0.1, -0.05) is 6.07 Å². The molecule has 1 amide bonds. The van der Waals surface area contributed by atoms with Crippen molar-refractivity contribution in [2.24, 2.45) is 17.4 Å². The van der Waals surface area contributed by atoms with Crippen LogP contribution in [0.1, 0.15) is 46.8 Å². The van der Waals surface area contributed by atoms with Crippen molar-refractivity contribution in [1.29, 1.82) is 0 Å². The molecule has 4 nitrogen and oxygen atoms in total. The van der Waals surface area contributed by atoms with E-state index in [1.54, 1.807) is 6.20 Å². The molecule has 0 atom stereocenters. The molecule has 3 rings (SSSR count). The van der Waals surface area contributed by atoms with Gasteiger partial charge in [-0.05, 0) is 55.7 Å². The number of amides is 1. The lowest BCUT2D eigenvalue weighted by atomic mass is 9.78. The smallest absolute Gasteiger partial charge is 0.259 e. The molecule has 20 heavy (non-hydrogen) atoms. The van der Waals surface area contributed by atoms with Crippen molar-refractivity contribution in [2.75, 3.05) is 6.54 Å². The van der Waals surface area contributed by atoms with Crippen molar-refractivity contribution in [3.05, 3.63) is 28.8 Å². The molecule has 0 aromatic carbocycles. The Morgan fingerprint density at radius 2 is 2.10 bits per heavy atom. The molecule has 0 radical (unpaired) electrons. The standard InChI is InChI=1S/C15H19N3OS/c16-8-9-3-5-10(6-4-9)12-11-2-1-7-18-15(11)20-13(12)14(17)19/h1-2,7,9-10H,3-6,8,16H2,(H2,17,19). The van der Waals surface area contributed by atoms with Crippen LogP contribution in [0.3, 0.4) is 0 Å². The van der Waals surface area contributed by atoms with Gasteiger partial charge >= 0.3 is 0 Å². The van der Waals surface area contributed by atoms with Gasteiger partial charge in [-0.3, -0.25) is 4.79 Å². The van der Waals surface area contributed by atoms with E-state index in [0.29, 0.717) is 16.7 Å². The van der Waals surface area contributed by atoms with E-state index in [1.165, 1.54) is 11.3 Å². The van der Waals surface area contributed by atoms with Gasteiger partial charge in [0, 0.05) is 11.6 Å². The zero-order chi connectivity index (χ0) is 14.1. The van der Waals surface area contributed by atoms with Crippen LogP contribution in [-0.4, -0.2) is 17.4 Å². The zero-order valence-electron chi connectivity index (χ0n) is 11.3. The van der Waals surface area contributed by atoms with Crippen molar-refractivity contribution < 1.29 is 4.79 Å². The van der Waals surface area contributed by atoms with Gasteiger partial charge in [0.25, 0.3) is 5.91 Å². The summed E-state index contributed by atoms with van der Waals surface area (Å²) in [5.74, 6) is 0.716. The van der Waals surface area contributed by atoms with E-state index in [-0.39, 0.29) is 5.91 Å². The minimum Gasteiger partial charge on any atom is -0.365 e. The maximum atomic E-state index is 11.7. The summed E-state index contributed by atoms with van der Waals surface area (Å²) in [7, 11) is 0. The van der Waals surface area contributed by atoms with Gasteiger partial charge < -0.3 is 11.5 Å². The van der Waals surface area contributed by atoms with Gasteiger partial charge in [-0.15, -0.1) is 11.3 Å². The highest BCUT2D eigenvalue weighted by Crippen LogP contribution is 2.42. The minimum atomic E-state index is -0.330. The van der Waals surface area contributed by atoms with Crippen molar-refractivity contribution in [1.82, 2.24) is 4.98 Å². The summed E-state index contributed by atoms with van der Waals surface area (Å²) in [6.45, 7) is 0.765. The van der Waals surface area contributed by atoms with E-state index in [9.17, 15) is 4.79 Å². The number of hydrogen-bond acceptors (Lipinski definition) is 4. The van der Waals surface area contributed by atoms with E-state index in [0.717, 1.165) is 48.0 Å². The number of nitrogens with zero attached hydrogens (tertiary/aromatic N) is 1. The van der Waals surface area contributed by atoms with Crippen molar-refractivity contribution in [3.63, 3.8) is 0 Å². The molecule has 0 bridgehead atoms. The topological polar surface area (TPSA) is 82.0 Å². The first-order valence-electron chi connectivity index (χ1n) is 7.08. The van der Waals surface area contributed by atoms with Gasteiger partial charge in [-0.25, -0.2) is 4.98 Å². The van der Waals surface area contributed by atoms with Gasteiger partial charge in [-0.2, -0.15) is 0 Å². The molecule has 2 aromatic heterocycles. The number of primary amides is 1. The monoisotopic (exact) mass is 289 g/mol. The van der Waals surface area contributed by atoms with Crippen LogP contribution in [0.4, 0.5) is 0 Å². The number of carbonyl (C=O) groups is 1. The average molecular weight is 289 g/mol. The number of thiophene rings is 1. The Bertz CT molecular complexity index is 629. The number of fused-ring (bicyclic) bond motifs is 1.